The minimum absolute atomic E-state index is 0.249. The topological polar surface area (TPSA) is 35.4 Å². The molecule has 0 fully saturated rings. The Morgan fingerprint density at radius 3 is 2.26 bits per heavy atom. The fourth-order valence-electron chi connectivity index (χ4n) is 1.12. The van der Waals surface area contributed by atoms with Gasteiger partial charge in [0.2, 0.25) is 0 Å². The molecule has 0 heterocycles. The maximum Gasteiger partial charge on any atom is 0.416 e. The van der Waals surface area contributed by atoms with Crippen LogP contribution in [0.25, 0.3) is 0 Å². The van der Waals surface area contributed by atoms with E-state index in [9.17, 15) is 17.7 Å². The smallest absolute Gasteiger partial charge is 0.416 e. The van der Waals surface area contributed by atoms with Crippen LogP contribution in [0.1, 0.15) is 31.9 Å². The fourth-order valence-corrected chi connectivity index (χ4v) is 2.16. The van der Waals surface area contributed by atoms with Crippen LogP contribution in [0.2, 0.25) is 0 Å². The number of rotatable bonds is 2. The van der Waals surface area contributed by atoms with Crippen LogP contribution in [0, 0.1) is 0 Å². The molecule has 2 nitrogen and oxygen atoms in total. The summed E-state index contributed by atoms with van der Waals surface area (Å²) in [6.07, 6.45) is -3.23. The summed E-state index contributed by atoms with van der Waals surface area (Å²) in [6, 6.07) is 3.44. The Labute approximate surface area is 121 Å². The first kappa shape index (κ1) is 16.5. The van der Waals surface area contributed by atoms with E-state index in [2.05, 4.69) is 20.3 Å². The molecule has 1 rings (SSSR count). The van der Waals surface area contributed by atoms with Crippen LogP contribution >= 0.6 is 15.9 Å². The van der Waals surface area contributed by atoms with E-state index in [-0.39, 0.29) is 5.56 Å². The molecule has 0 aliphatic carbocycles. The van der Waals surface area contributed by atoms with Crippen molar-refractivity contribution in [2.45, 2.75) is 31.7 Å². The number of halogens is 4. The molecule has 0 aliphatic heterocycles. The van der Waals surface area contributed by atoms with Crippen molar-refractivity contribution in [2.24, 2.45) is 4.40 Å². The van der Waals surface area contributed by atoms with Crippen molar-refractivity contribution < 1.29 is 17.7 Å². The lowest BCUT2D eigenvalue weighted by Crippen LogP contribution is -2.25. The molecule has 1 atom stereocenters. The van der Waals surface area contributed by atoms with E-state index in [0.717, 1.165) is 12.1 Å². The minimum Gasteiger partial charge on any atom is -0.591 e. The fraction of sp³-hybridized carbons (Fsp3) is 0.417. The second kappa shape index (κ2) is 5.85. The number of benzene rings is 1. The summed E-state index contributed by atoms with van der Waals surface area (Å²) in [5, 5.41) is 0. The van der Waals surface area contributed by atoms with Gasteiger partial charge in [0.25, 0.3) is 0 Å². The SMILES string of the molecule is CC(C)(C)[S@@+]([O-])/N=C/c1cc(Br)cc(C(F)(F)F)c1. The number of alkyl halides is 3. The van der Waals surface area contributed by atoms with E-state index in [0.29, 0.717) is 4.47 Å². The van der Waals surface area contributed by atoms with E-state index in [1.54, 1.807) is 20.8 Å². The Hall–Kier alpha value is -0.530. The molecule has 0 bridgehead atoms. The van der Waals surface area contributed by atoms with Gasteiger partial charge < -0.3 is 4.55 Å². The van der Waals surface area contributed by atoms with Gasteiger partial charge in [-0.2, -0.15) is 13.2 Å². The Morgan fingerprint density at radius 1 is 1.21 bits per heavy atom. The van der Waals surface area contributed by atoms with Gasteiger partial charge in [0.05, 0.1) is 11.8 Å². The van der Waals surface area contributed by atoms with E-state index in [4.69, 9.17) is 0 Å². The van der Waals surface area contributed by atoms with Gasteiger partial charge in [-0.15, -0.1) is 0 Å². The van der Waals surface area contributed by atoms with Gasteiger partial charge in [-0.25, -0.2) is 0 Å². The molecule has 0 unspecified atom stereocenters. The Kier molecular flexibility index (Phi) is 5.08. The summed E-state index contributed by atoms with van der Waals surface area (Å²) < 4.78 is 53.1. The van der Waals surface area contributed by atoms with E-state index in [1.807, 2.05) is 0 Å². The van der Waals surface area contributed by atoms with Gasteiger partial charge in [-0.1, -0.05) is 20.3 Å². The molecular formula is C12H13BrF3NOS. The number of nitrogens with zero attached hydrogens (tertiary/aromatic N) is 1. The van der Waals surface area contributed by atoms with Crippen molar-refractivity contribution in [1.82, 2.24) is 0 Å². The Bertz CT molecular complexity index is 483. The third-order valence-corrected chi connectivity index (χ3v) is 3.87. The maximum absolute atomic E-state index is 12.6. The molecule has 0 N–H and O–H groups in total. The first-order valence-corrected chi connectivity index (χ1v) is 7.24. The van der Waals surface area contributed by atoms with E-state index < -0.39 is 27.8 Å². The largest absolute Gasteiger partial charge is 0.591 e. The van der Waals surface area contributed by atoms with Crippen LogP contribution in [-0.2, 0) is 17.5 Å². The van der Waals surface area contributed by atoms with Gasteiger partial charge in [0, 0.05) is 4.47 Å². The lowest BCUT2D eigenvalue weighted by molar-refractivity contribution is -0.137. The van der Waals surface area contributed by atoms with Gasteiger partial charge in [0.15, 0.2) is 0 Å². The molecule has 0 radical (unpaired) electrons. The summed E-state index contributed by atoms with van der Waals surface area (Å²) in [4.78, 5) is 0. The highest BCUT2D eigenvalue weighted by Gasteiger charge is 2.31. The van der Waals surface area contributed by atoms with E-state index in [1.165, 1.54) is 12.3 Å². The maximum atomic E-state index is 12.6. The van der Waals surface area contributed by atoms with Crippen molar-refractivity contribution >= 4 is 33.5 Å². The zero-order valence-corrected chi connectivity index (χ0v) is 13.0. The van der Waals surface area contributed by atoms with Crippen LogP contribution in [0.3, 0.4) is 0 Å². The summed E-state index contributed by atoms with van der Waals surface area (Å²) in [6.45, 7) is 5.22. The van der Waals surface area contributed by atoms with Crippen molar-refractivity contribution in [2.75, 3.05) is 0 Å². The average Bonchev–Trinajstić information content (AvgIpc) is 2.22. The van der Waals surface area contributed by atoms with Crippen LogP contribution in [0.4, 0.5) is 13.2 Å². The number of hydrogen-bond acceptors (Lipinski definition) is 2. The third kappa shape index (κ3) is 5.16. The third-order valence-electron chi connectivity index (χ3n) is 2.07. The molecule has 0 amide bonds. The molecular weight excluding hydrogens is 343 g/mol. The highest BCUT2D eigenvalue weighted by Crippen LogP contribution is 2.31. The highest BCUT2D eigenvalue weighted by atomic mass is 79.9. The predicted molar refractivity (Wildman–Crippen MR) is 74.6 cm³/mol. The van der Waals surface area contributed by atoms with Gasteiger partial charge >= 0.3 is 6.18 Å². The van der Waals surface area contributed by atoms with Gasteiger partial charge in [-0.3, -0.25) is 0 Å². The molecule has 19 heavy (non-hydrogen) atoms. The molecule has 1 aromatic rings. The van der Waals surface area contributed by atoms with Crippen LogP contribution in [0.15, 0.2) is 27.1 Å². The first-order chi connectivity index (χ1) is 8.50. The number of hydrogen-bond donors (Lipinski definition) is 0. The lowest BCUT2D eigenvalue weighted by atomic mass is 10.1. The molecule has 0 saturated carbocycles. The van der Waals surface area contributed by atoms with Crippen molar-refractivity contribution in [3.05, 3.63) is 33.8 Å². The van der Waals surface area contributed by atoms with Crippen LogP contribution in [-0.4, -0.2) is 15.5 Å². The molecule has 0 aliphatic rings. The van der Waals surface area contributed by atoms with Crippen LogP contribution in [0.5, 0.6) is 0 Å². The summed E-state index contributed by atoms with van der Waals surface area (Å²) in [5.41, 5.74) is -0.524. The highest BCUT2D eigenvalue weighted by molar-refractivity contribution is 9.10. The lowest BCUT2D eigenvalue weighted by Gasteiger charge is -2.17. The molecule has 7 heteroatoms. The molecule has 0 saturated heterocycles. The van der Waals surface area contributed by atoms with Crippen molar-refractivity contribution in [3.8, 4) is 0 Å². The summed E-state index contributed by atoms with van der Waals surface area (Å²) >= 11 is 1.52. The second-order valence-corrected chi connectivity index (χ2v) is 7.72. The van der Waals surface area contributed by atoms with Crippen molar-refractivity contribution in [1.29, 1.82) is 0 Å². The quantitative estimate of drug-likeness (QED) is 0.573. The zero-order chi connectivity index (χ0) is 14.8. The molecule has 0 spiro atoms. The normalized spacial score (nSPS) is 14.9. The summed E-state index contributed by atoms with van der Waals surface area (Å²) in [7, 11) is 0. The standard InChI is InChI=1S/C12H13BrF3NOS/c1-11(2,3)19(18)17-7-8-4-9(12(14,15)16)6-10(13)5-8/h4-7H,1-3H3/b17-7+/t19-/m1/s1. The average molecular weight is 356 g/mol. The predicted octanol–water partition coefficient (Wildman–Crippen LogP) is 4.35. The Balaban J connectivity index is 3.03. The summed E-state index contributed by atoms with van der Waals surface area (Å²) in [5.74, 6) is 0. The van der Waals surface area contributed by atoms with Gasteiger partial charge in [0.1, 0.15) is 16.1 Å². The second-order valence-electron chi connectivity index (χ2n) is 4.87. The first-order valence-electron chi connectivity index (χ1n) is 5.34. The molecule has 106 valence electrons. The molecule has 1 aromatic carbocycles. The zero-order valence-electron chi connectivity index (χ0n) is 10.6. The monoisotopic (exact) mass is 355 g/mol. The molecule has 0 aromatic heterocycles. The van der Waals surface area contributed by atoms with E-state index >= 15 is 0 Å². The van der Waals surface area contributed by atoms with Crippen molar-refractivity contribution in [3.63, 3.8) is 0 Å². The Morgan fingerprint density at radius 2 is 1.79 bits per heavy atom. The minimum atomic E-state index is -4.42. The van der Waals surface area contributed by atoms with Gasteiger partial charge in [-0.05, 0) is 44.5 Å². The van der Waals surface area contributed by atoms with Crippen LogP contribution < -0.4 is 0 Å².